The van der Waals surface area contributed by atoms with Gasteiger partial charge in [-0.1, -0.05) is 12.1 Å². The minimum atomic E-state index is -1.63. The number of nitrogens with zero attached hydrogens (tertiary/aromatic N) is 1. The number of thiazole rings is 1. The summed E-state index contributed by atoms with van der Waals surface area (Å²) in [4.78, 5) is 26.7. The highest BCUT2D eigenvalue weighted by atomic mass is 32.1. The molecule has 0 aliphatic carbocycles. The molecule has 21 heavy (non-hydrogen) atoms. The lowest BCUT2D eigenvalue weighted by Gasteiger charge is -2.26. The second-order valence-corrected chi connectivity index (χ2v) is 5.11. The van der Waals surface area contributed by atoms with Gasteiger partial charge in [-0.15, -0.1) is 11.3 Å². The molecule has 0 saturated carbocycles. The molecule has 2 aromatic rings. The standard InChI is InChI=1S/C14H13NO5S/c1-20-14(13(18)19,11-7-21-8-15-11)6-9-3-2-4-10(5-9)12(16)17/h2-5,7-8H,6H2,1H3,(H,16,17)(H,18,19). The van der Waals surface area contributed by atoms with Crippen LogP contribution >= 0.6 is 11.3 Å². The molecule has 1 aromatic carbocycles. The van der Waals surface area contributed by atoms with Crippen LogP contribution in [0.2, 0.25) is 0 Å². The lowest BCUT2D eigenvalue weighted by atomic mass is 9.91. The van der Waals surface area contributed by atoms with Gasteiger partial charge in [-0.05, 0) is 17.7 Å². The van der Waals surface area contributed by atoms with Crippen molar-refractivity contribution >= 4 is 23.3 Å². The Hall–Kier alpha value is -2.25. The predicted octanol–water partition coefficient (Wildman–Crippen LogP) is 2.01. The Labute approximate surface area is 124 Å². The monoisotopic (exact) mass is 307 g/mol. The van der Waals surface area contributed by atoms with Crippen LogP contribution < -0.4 is 0 Å². The van der Waals surface area contributed by atoms with Gasteiger partial charge in [0.15, 0.2) is 0 Å². The highest BCUT2D eigenvalue weighted by Gasteiger charge is 2.42. The van der Waals surface area contributed by atoms with E-state index >= 15 is 0 Å². The second kappa shape index (κ2) is 6.02. The summed E-state index contributed by atoms with van der Waals surface area (Å²) in [5.41, 5.74) is 0.841. The van der Waals surface area contributed by atoms with Crippen LogP contribution in [0.3, 0.4) is 0 Å². The normalized spacial score (nSPS) is 13.6. The lowest BCUT2D eigenvalue weighted by molar-refractivity contribution is -0.164. The number of carboxylic acid groups (broad SMARTS) is 2. The summed E-state index contributed by atoms with van der Waals surface area (Å²) >= 11 is 1.27. The van der Waals surface area contributed by atoms with E-state index in [1.54, 1.807) is 17.5 Å². The SMILES string of the molecule is COC(Cc1cccc(C(=O)O)c1)(C(=O)O)c1cscn1. The molecule has 0 saturated heterocycles. The van der Waals surface area contributed by atoms with Gasteiger partial charge in [0.1, 0.15) is 0 Å². The van der Waals surface area contributed by atoms with E-state index in [0.717, 1.165) is 0 Å². The third-order valence-electron chi connectivity index (χ3n) is 3.17. The predicted molar refractivity (Wildman–Crippen MR) is 75.5 cm³/mol. The van der Waals surface area contributed by atoms with Gasteiger partial charge in [0.05, 0.1) is 16.8 Å². The number of methoxy groups -OCH3 is 1. The van der Waals surface area contributed by atoms with E-state index in [2.05, 4.69) is 4.98 Å². The third kappa shape index (κ3) is 2.93. The third-order valence-corrected chi connectivity index (χ3v) is 3.75. The van der Waals surface area contributed by atoms with E-state index in [0.29, 0.717) is 11.3 Å². The largest absolute Gasteiger partial charge is 0.479 e. The van der Waals surface area contributed by atoms with Crippen molar-refractivity contribution in [3.05, 3.63) is 52.0 Å². The minimum absolute atomic E-state index is 0.0102. The Morgan fingerprint density at radius 2 is 2.14 bits per heavy atom. The summed E-state index contributed by atoms with van der Waals surface area (Å²) in [6, 6.07) is 6.12. The fourth-order valence-corrected chi connectivity index (χ4v) is 2.67. The highest BCUT2D eigenvalue weighted by Crippen LogP contribution is 2.30. The van der Waals surface area contributed by atoms with Crippen LogP contribution in [-0.4, -0.2) is 34.2 Å². The van der Waals surface area contributed by atoms with Crippen molar-refractivity contribution in [1.82, 2.24) is 4.98 Å². The molecule has 0 aliphatic heterocycles. The Morgan fingerprint density at radius 3 is 2.67 bits per heavy atom. The molecular formula is C14H13NO5S. The van der Waals surface area contributed by atoms with Crippen LogP contribution in [0.5, 0.6) is 0 Å². The van der Waals surface area contributed by atoms with Gasteiger partial charge in [-0.2, -0.15) is 0 Å². The van der Waals surface area contributed by atoms with E-state index in [1.165, 1.54) is 36.1 Å². The van der Waals surface area contributed by atoms with E-state index in [9.17, 15) is 14.7 Å². The summed E-state index contributed by atoms with van der Waals surface area (Å²) in [5, 5.41) is 20.2. The molecule has 1 heterocycles. The van der Waals surface area contributed by atoms with Gasteiger partial charge in [-0.3, -0.25) is 0 Å². The maximum absolute atomic E-state index is 11.7. The number of hydrogen-bond acceptors (Lipinski definition) is 5. The molecule has 0 spiro atoms. The number of carboxylic acids is 2. The molecule has 2 N–H and O–H groups in total. The Bertz CT molecular complexity index is 655. The van der Waals surface area contributed by atoms with Gasteiger partial charge in [0, 0.05) is 18.9 Å². The van der Waals surface area contributed by atoms with Gasteiger partial charge in [0.25, 0.3) is 0 Å². The molecule has 7 heteroatoms. The average Bonchev–Trinajstić information content (AvgIpc) is 2.99. The molecule has 110 valence electrons. The number of rotatable bonds is 6. The number of aliphatic carboxylic acids is 1. The molecule has 0 fully saturated rings. The Balaban J connectivity index is 2.43. The maximum Gasteiger partial charge on any atom is 0.342 e. The molecule has 0 aliphatic rings. The molecule has 0 bridgehead atoms. The van der Waals surface area contributed by atoms with Gasteiger partial charge in [-0.25, -0.2) is 14.6 Å². The first-order valence-electron chi connectivity index (χ1n) is 5.99. The van der Waals surface area contributed by atoms with Crippen molar-refractivity contribution in [3.8, 4) is 0 Å². The minimum Gasteiger partial charge on any atom is -0.479 e. The zero-order valence-electron chi connectivity index (χ0n) is 11.1. The van der Waals surface area contributed by atoms with Gasteiger partial charge in [0.2, 0.25) is 5.60 Å². The quantitative estimate of drug-likeness (QED) is 0.847. The summed E-state index contributed by atoms with van der Waals surface area (Å²) in [6.07, 6.45) is -0.0102. The number of ether oxygens (including phenoxy) is 1. The number of carbonyl (C=O) groups is 2. The summed E-state index contributed by atoms with van der Waals surface area (Å²) < 4.78 is 5.25. The Kier molecular flexibility index (Phi) is 4.35. The van der Waals surface area contributed by atoms with Gasteiger partial charge >= 0.3 is 11.9 Å². The van der Waals surface area contributed by atoms with Crippen molar-refractivity contribution in [3.63, 3.8) is 0 Å². The molecular weight excluding hydrogens is 294 g/mol. The smallest absolute Gasteiger partial charge is 0.342 e. The van der Waals surface area contributed by atoms with Gasteiger partial charge < -0.3 is 14.9 Å². The number of hydrogen-bond donors (Lipinski definition) is 2. The van der Waals surface area contributed by atoms with Crippen LogP contribution in [0.1, 0.15) is 21.6 Å². The fourth-order valence-electron chi connectivity index (χ4n) is 2.05. The number of benzene rings is 1. The van der Waals surface area contributed by atoms with E-state index in [1.807, 2.05) is 0 Å². The van der Waals surface area contributed by atoms with Crippen LogP contribution in [0.4, 0.5) is 0 Å². The van der Waals surface area contributed by atoms with E-state index in [-0.39, 0.29) is 12.0 Å². The first-order valence-corrected chi connectivity index (χ1v) is 6.93. The van der Waals surface area contributed by atoms with Crippen molar-refractivity contribution in [1.29, 1.82) is 0 Å². The zero-order chi connectivity index (χ0) is 15.5. The van der Waals surface area contributed by atoms with Crippen LogP contribution in [-0.2, 0) is 21.6 Å². The average molecular weight is 307 g/mol. The second-order valence-electron chi connectivity index (χ2n) is 4.39. The molecule has 6 nitrogen and oxygen atoms in total. The maximum atomic E-state index is 11.7. The molecule has 0 radical (unpaired) electrons. The van der Waals surface area contributed by atoms with Crippen LogP contribution in [0.15, 0.2) is 35.2 Å². The molecule has 0 amide bonds. The summed E-state index contributed by atoms with van der Waals surface area (Å²) in [6.45, 7) is 0. The van der Waals surface area contributed by atoms with Crippen molar-refractivity contribution in [2.24, 2.45) is 0 Å². The first kappa shape index (κ1) is 15.1. The van der Waals surface area contributed by atoms with Crippen molar-refractivity contribution in [2.75, 3.05) is 7.11 Å². The van der Waals surface area contributed by atoms with E-state index < -0.39 is 17.5 Å². The molecule has 1 unspecified atom stereocenters. The number of aromatic nitrogens is 1. The summed E-state index contributed by atoms with van der Waals surface area (Å²) in [5.74, 6) is -2.24. The first-order chi connectivity index (χ1) is 9.99. The summed E-state index contributed by atoms with van der Waals surface area (Å²) in [7, 11) is 1.30. The molecule has 1 aromatic heterocycles. The van der Waals surface area contributed by atoms with Crippen LogP contribution in [0, 0.1) is 0 Å². The highest BCUT2D eigenvalue weighted by molar-refractivity contribution is 7.07. The zero-order valence-corrected chi connectivity index (χ0v) is 12.0. The Morgan fingerprint density at radius 1 is 1.38 bits per heavy atom. The molecule has 1 atom stereocenters. The van der Waals surface area contributed by atoms with Crippen molar-refractivity contribution in [2.45, 2.75) is 12.0 Å². The number of aromatic carboxylic acids is 1. The molecule has 2 rings (SSSR count). The van der Waals surface area contributed by atoms with E-state index in [4.69, 9.17) is 9.84 Å². The van der Waals surface area contributed by atoms with Crippen LogP contribution in [0.25, 0.3) is 0 Å². The topological polar surface area (TPSA) is 96.7 Å². The van der Waals surface area contributed by atoms with Crippen molar-refractivity contribution < 1.29 is 24.5 Å². The lowest BCUT2D eigenvalue weighted by Crippen LogP contribution is -2.40. The fraction of sp³-hybridized carbons (Fsp3) is 0.214.